The molecule has 1 unspecified atom stereocenters. The zero-order valence-corrected chi connectivity index (χ0v) is 11.9. The molecule has 0 amide bonds. The minimum Gasteiger partial charge on any atom is -0.294 e. The van der Waals surface area contributed by atoms with Crippen molar-refractivity contribution in [2.24, 2.45) is 0 Å². The molecule has 0 bridgehead atoms. The molecule has 106 valence electrons. The van der Waals surface area contributed by atoms with E-state index in [1.807, 2.05) is 26.0 Å². The van der Waals surface area contributed by atoms with Gasteiger partial charge in [-0.25, -0.2) is 15.0 Å². The van der Waals surface area contributed by atoms with E-state index in [1.54, 1.807) is 10.8 Å². The second kappa shape index (κ2) is 5.40. The van der Waals surface area contributed by atoms with Gasteiger partial charge in [0.1, 0.15) is 6.33 Å². The van der Waals surface area contributed by atoms with Crippen LogP contribution in [0.3, 0.4) is 0 Å². The van der Waals surface area contributed by atoms with Crippen molar-refractivity contribution in [1.82, 2.24) is 24.5 Å². The first kappa shape index (κ1) is 13.4. The van der Waals surface area contributed by atoms with Crippen LogP contribution in [0.4, 0.5) is 0 Å². The SMILES string of the molecule is Cc1cccnc1CC(C)n1cnc2nccnc2c1=O. The fourth-order valence-electron chi connectivity index (χ4n) is 2.29. The highest BCUT2D eigenvalue weighted by molar-refractivity contribution is 5.66. The summed E-state index contributed by atoms with van der Waals surface area (Å²) in [6.45, 7) is 3.99. The average Bonchev–Trinajstić information content (AvgIpc) is 2.50. The van der Waals surface area contributed by atoms with Gasteiger partial charge < -0.3 is 0 Å². The Morgan fingerprint density at radius 3 is 2.76 bits per heavy atom. The van der Waals surface area contributed by atoms with Crippen molar-refractivity contribution >= 4 is 11.2 Å². The summed E-state index contributed by atoms with van der Waals surface area (Å²) in [7, 11) is 0. The second-order valence-electron chi connectivity index (χ2n) is 5.01. The Hall–Kier alpha value is -2.63. The van der Waals surface area contributed by atoms with Crippen molar-refractivity contribution in [3.63, 3.8) is 0 Å². The molecule has 3 rings (SSSR count). The summed E-state index contributed by atoms with van der Waals surface area (Å²) < 4.78 is 1.59. The zero-order valence-electron chi connectivity index (χ0n) is 11.9. The smallest absolute Gasteiger partial charge is 0.281 e. The molecule has 0 aliphatic heterocycles. The molecular weight excluding hydrogens is 266 g/mol. The van der Waals surface area contributed by atoms with Crippen LogP contribution < -0.4 is 5.56 Å². The number of pyridine rings is 1. The van der Waals surface area contributed by atoms with E-state index >= 15 is 0 Å². The molecule has 0 N–H and O–H groups in total. The van der Waals surface area contributed by atoms with Gasteiger partial charge >= 0.3 is 0 Å². The van der Waals surface area contributed by atoms with Gasteiger partial charge in [-0.2, -0.15) is 0 Å². The molecule has 6 nitrogen and oxygen atoms in total. The van der Waals surface area contributed by atoms with Crippen LogP contribution in [-0.4, -0.2) is 24.5 Å². The summed E-state index contributed by atoms with van der Waals surface area (Å²) in [6.07, 6.45) is 6.99. The molecule has 3 heterocycles. The molecule has 0 saturated heterocycles. The Morgan fingerprint density at radius 1 is 1.14 bits per heavy atom. The quantitative estimate of drug-likeness (QED) is 0.730. The molecule has 0 saturated carbocycles. The minimum absolute atomic E-state index is 0.0509. The van der Waals surface area contributed by atoms with E-state index in [0.29, 0.717) is 17.6 Å². The number of fused-ring (bicyclic) bond motifs is 1. The van der Waals surface area contributed by atoms with Gasteiger partial charge in [0.05, 0.1) is 0 Å². The highest BCUT2D eigenvalue weighted by atomic mass is 16.1. The molecule has 21 heavy (non-hydrogen) atoms. The number of nitrogens with zero attached hydrogens (tertiary/aromatic N) is 5. The lowest BCUT2D eigenvalue weighted by molar-refractivity contribution is 0.515. The lowest BCUT2D eigenvalue weighted by Crippen LogP contribution is -2.26. The number of hydrogen-bond donors (Lipinski definition) is 0. The predicted octanol–water partition coefficient (Wildman–Crippen LogP) is 1.69. The van der Waals surface area contributed by atoms with Crippen LogP contribution in [0.1, 0.15) is 24.2 Å². The Bertz CT molecular complexity index is 843. The van der Waals surface area contributed by atoms with E-state index < -0.39 is 0 Å². The van der Waals surface area contributed by atoms with Crippen LogP contribution in [0.2, 0.25) is 0 Å². The van der Waals surface area contributed by atoms with Gasteiger partial charge in [0.25, 0.3) is 5.56 Å². The number of aryl methyl sites for hydroxylation is 1. The number of aromatic nitrogens is 5. The molecule has 0 aromatic carbocycles. The molecule has 0 fully saturated rings. The number of rotatable bonds is 3. The monoisotopic (exact) mass is 281 g/mol. The summed E-state index contributed by atoms with van der Waals surface area (Å²) in [5.41, 5.74) is 2.60. The third kappa shape index (κ3) is 2.52. The van der Waals surface area contributed by atoms with Crippen LogP contribution in [0.5, 0.6) is 0 Å². The summed E-state index contributed by atoms with van der Waals surface area (Å²) in [5.74, 6) is 0. The van der Waals surface area contributed by atoms with E-state index in [9.17, 15) is 4.79 Å². The maximum atomic E-state index is 12.4. The third-order valence-electron chi connectivity index (χ3n) is 3.50. The largest absolute Gasteiger partial charge is 0.294 e. The minimum atomic E-state index is -0.172. The Kier molecular flexibility index (Phi) is 3.43. The van der Waals surface area contributed by atoms with Crippen LogP contribution in [0, 0.1) is 6.92 Å². The van der Waals surface area contributed by atoms with Crippen LogP contribution in [-0.2, 0) is 6.42 Å². The summed E-state index contributed by atoms with van der Waals surface area (Å²) in [6, 6.07) is 3.87. The Balaban J connectivity index is 1.99. The van der Waals surface area contributed by atoms with E-state index in [4.69, 9.17) is 0 Å². The lowest BCUT2D eigenvalue weighted by Gasteiger charge is -2.15. The van der Waals surface area contributed by atoms with Crippen molar-refractivity contribution in [3.8, 4) is 0 Å². The second-order valence-corrected chi connectivity index (χ2v) is 5.01. The van der Waals surface area contributed by atoms with E-state index in [-0.39, 0.29) is 11.6 Å². The Labute approximate surface area is 121 Å². The van der Waals surface area contributed by atoms with Gasteiger partial charge in [0.15, 0.2) is 11.2 Å². The fraction of sp³-hybridized carbons (Fsp3) is 0.267. The molecule has 1 atom stereocenters. The van der Waals surface area contributed by atoms with Crippen LogP contribution in [0.25, 0.3) is 11.2 Å². The maximum Gasteiger partial charge on any atom is 0.281 e. The first-order chi connectivity index (χ1) is 10.2. The van der Waals surface area contributed by atoms with E-state index in [1.165, 1.54) is 18.7 Å². The predicted molar refractivity (Wildman–Crippen MR) is 79.0 cm³/mol. The molecule has 0 aliphatic rings. The summed E-state index contributed by atoms with van der Waals surface area (Å²) in [4.78, 5) is 29.1. The zero-order chi connectivity index (χ0) is 14.8. The van der Waals surface area contributed by atoms with Crippen molar-refractivity contribution in [2.45, 2.75) is 26.3 Å². The van der Waals surface area contributed by atoms with Crippen molar-refractivity contribution < 1.29 is 0 Å². The third-order valence-corrected chi connectivity index (χ3v) is 3.50. The maximum absolute atomic E-state index is 12.4. The lowest BCUT2D eigenvalue weighted by atomic mass is 10.1. The van der Waals surface area contributed by atoms with Crippen molar-refractivity contribution in [1.29, 1.82) is 0 Å². The highest BCUT2D eigenvalue weighted by Gasteiger charge is 2.13. The molecule has 0 radical (unpaired) electrons. The molecule has 6 heteroatoms. The van der Waals surface area contributed by atoms with Gasteiger partial charge in [-0.3, -0.25) is 14.3 Å². The first-order valence-corrected chi connectivity index (χ1v) is 6.75. The van der Waals surface area contributed by atoms with E-state index in [0.717, 1.165) is 11.3 Å². The van der Waals surface area contributed by atoms with Gasteiger partial charge in [-0.1, -0.05) is 6.07 Å². The Morgan fingerprint density at radius 2 is 1.95 bits per heavy atom. The van der Waals surface area contributed by atoms with Gasteiger partial charge in [0.2, 0.25) is 0 Å². The standard InChI is InChI=1S/C15H15N5O/c1-10-4-3-5-16-12(10)8-11(2)20-9-19-14-13(15(20)21)17-6-7-18-14/h3-7,9,11H,8H2,1-2H3. The average molecular weight is 281 g/mol. The molecular formula is C15H15N5O. The van der Waals surface area contributed by atoms with Crippen molar-refractivity contribution in [3.05, 3.63) is 58.7 Å². The van der Waals surface area contributed by atoms with Gasteiger partial charge in [0, 0.05) is 36.7 Å². The fourth-order valence-corrected chi connectivity index (χ4v) is 2.29. The normalized spacial score (nSPS) is 12.5. The van der Waals surface area contributed by atoms with Gasteiger partial charge in [-0.05, 0) is 25.5 Å². The van der Waals surface area contributed by atoms with Crippen LogP contribution in [0.15, 0.2) is 41.8 Å². The molecule has 0 aliphatic carbocycles. The molecule has 0 spiro atoms. The van der Waals surface area contributed by atoms with E-state index in [2.05, 4.69) is 19.9 Å². The summed E-state index contributed by atoms with van der Waals surface area (Å²) >= 11 is 0. The first-order valence-electron chi connectivity index (χ1n) is 6.75. The summed E-state index contributed by atoms with van der Waals surface area (Å²) in [5, 5.41) is 0. The van der Waals surface area contributed by atoms with Crippen LogP contribution >= 0.6 is 0 Å². The highest BCUT2D eigenvalue weighted by Crippen LogP contribution is 2.13. The topological polar surface area (TPSA) is 73.6 Å². The van der Waals surface area contributed by atoms with Gasteiger partial charge in [-0.15, -0.1) is 0 Å². The molecule has 3 aromatic heterocycles. The van der Waals surface area contributed by atoms with Crippen molar-refractivity contribution in [2.75, 3.05) is 0 Å². The number of hydrogen-bond acceptors (Lipinski definition) is 5. The molecule has 3 aromatic rings.